The summed E-state index contributed by atoms with van der Waals surface area (Å²) >= 11 is 0. The molecule has 1 aliphatic rings. The molecule has 2 rings (SSSR count). The zero-order valence-corrected chi connectivity index (χ0v) is 10.9. The van der Waals surface area contributed by atoms with Crippen molar-refractivity contribution in [2.75, 3.05) is 6.54 Å². The van der Waals surface area contributed by atoms with Crippen LogP contribution in [-0.2, 0) is 17.9 Å². The number of hydrogen-bond donors (Lipinski definition) is 1. The lowest BCUT2D eigenvalue weighted by Crippen LogP contribution is -2.29. The molecular formula is C15H21NO2. The van der Waals surface area contributed by atoms with Gasteiger partial charge in [0.1, 0.15) is 0 Å². The van der Waals surface area contributed by atoms with Crippen LogP contribution in [0.5, 0.6) is 0 Å². The lowest BCUT2D eigenvalue weighted by molar-refractivity contribution is -0.131. The smallest absolute Gasteiger partial charge is 0.222 e. The molecule has 98 valence electrons. The van der Waals surface area contributed by atoms with Crippen molar-refractivity contribution in [1.29, 1.82) is 0 Å². The SMILES string of the molecule is CC1CCC(=O)N(Cc2ccc(CO)cc2)CC1. The maximum Gasteiger partial charge on any atom is 0.222 e. The number of aliphatic hydroxyl groups excluding tert-OH is 1. The number of rotatable bonds is 3. The standard InChI is InChI=1S/C15H21NO2/c1-12-2-7-15(18)16(9-8-12)10-13-3-5-14(11-17)6-4-13/h3-6,12,17H,2,7-11H2,1H3. The van der Waals surface area contributed by atoms with Gasteiger partial charge >= 0.3 is 0 Å². The van der Waals surface area contributed by atoms with Crippen molar-refractivity contribution >= 4 is 5.91 Å². The minimum absolute atomic E-state index is 0.0699. The molecule has 0 aromatic heterocycles. The van der Waals surface area contributed by atoms with Gasteiger partial charge in [-0.05, 0) is 29.9 Å². The monoisotopic (exact) mass is 247 g/mol. The first-order valence-electron chi connectivity index (χ1n) is 6.65. The molecule has 3 heteroatoms. The number of carbonyl (C=O) groups is 1. The van der Waals surface area contributed by atoms with Crippen LogP contribution in [0.3, 0.4) is 0 Å². The largest absolute Gasteiger partial charge is 0.392 e. The third-order valence-corrected chi connectivity index (χ3v) is 3.67. The number of amides is 1. The van der Waals surface area contributed by atoms with Crippen LogP contribution < -0.4 is 0 Å². The number of aliphatic hydroxyl groups is 1. The van der Waals surface area contributed by atoms with Gasteiger partial charge < -0.3 is 10.0 Å². The van der Waals surface area contributed by atoms with Gasteiger partial charge in [-0.2, -0.15) is 0 Å². The Labute approximate surface area is 108 Å². The Morgan fingerprint density at radius 2 is 1.89 bits per heavy atom. The Hall–Kier alpha value is -1.35. The zero-order chi connectivity index (χ0) is 13.0. The summed E-state index contributed by atoms with van der Waals surface area (Å²) in [7, 11) is 0. The van der Waals surface area contributed by atoms with E-state index in [1.165, 1.54) is 0 Å². The van der Waals surface area contributed by atoms with E-state index in [0.717, 1.165) is 30.5 Å². The number of hydrogen-bond acceptors (Lipinski definition) is 2. The highest BCUT2D eigenvalue weighted by atomic mass is 16.3. The van der Waals surface area contributed by atoms with Crippen molar-refractivity contribution in [3.63, 3.8) is 0 Å². The van der Waals surface area contributed by atoms with Gasteiger partial charge in [-0.15, -0.1) is 0 Å². The van der Waals surface area contributed by atoms with Crippen LogP contribution in [0.2, 0.25) is 0 Å². The molecule has 18 heavy (non-hydrogen) atoms. The Balaban J connectivity index is 2.00. The molecule has 0 radical (unpaired) electrons. The molecule has 1 atom stereocenters. The molecule has 1 saturated heterocycles. The topological polar surface area (TPSA) is 40.5 Å². The van der Waals surface area contributed by atoms with Crippen LogP contribution in [0.1, 0.15) is 37.3 Å². The van der Waals surface area contributed by atoms with E-state index in [1.54, 1.807) is 0 Å². The number of nitrogens with zero attached hydrogens (tertiary/aromatic N) is 1. The highest BCUT2D eigenvalue weighted by Crippen LogP contribution is 2.19. The Morgan fingerprint density at radius 3 is 2.56 bits per heavy atom. The second kappa shape index (κ2) is 6.01. The van der Waals surface area contributed by atoms with Gasteiger partial charge in [0, 0.05) is 19.5 Å². The summed E-state index contributed by atoms with van der Waals surface area (Å²) in [5, 5.41) is 8.99. The van der Waals surface area contributed by atoms with Crippen molar-refractivity contribution in [3.8, 4) is 0 Å². The quantitative estimate of drug-likeness (QED) is 0.890. The summed E-state index contributed by atoms with van der Waals surface area (Å²) in [6, 6.07) is 7.82. The van der Waals surface area contributed by atoms with Crippen LogP contribution >= 0.6 is 0 Å². The molecule has 1 aromatic rings. The molecule has 1 aromatic carbocycles. The van der Waals surface area contributed by atoms with E-state index in [4.69, 9.17) is 5.11 Å². The molecule has 3 nitrogen and oxygen atoms in total. The molecule has 0 saturated carbocycles. The summed E-state index contributed by atoms with van der Waals surface area (Å²) in [4.78, 5) is 13.9. The lowest BCUT2D eigenvalue weighted by Gasteiger charge is -2.20. The number of likely N-dealkylation sites (tertiary alicyclic amines) is 1. The number of carbonyl (C=O) groups excluding carboxylic acids is 1. The van der Waals surface area contributed by atoms with Gasteiger partial charge in [-0.3, -0.25) is 4.79 Å². The molecule has 1 N–H and O–H groups in total. The van der Waals surface area contributed by atoms with Gasteiger partial charge in [0.2, 0.25) is 5.91 Å². The first kappa shape index (κ1) is 13.1. The predicted octanol–water partition coefficient (Wildman–Crippen LogP) is 2.33. The second-order valence-corrected chi connectivity index (χ2v) is 5.22. The van der Waals surface area contributed by atoms with Crippen molar-refractivity contribution in [2.24, 2.45) is 5.92 Å². The molecule has 1 amide bonds. The summed E-state index contributed by atoms with van der Waals surface area (Å²) in [6.07, 6.45) is 2.79. The lowest BCUT2D eigenvalue weighted by atomic mass is 10.0. The molecule has 1 unspecified atom stereocenters. The average molecular weight is 247 g/mol. The Morgan fingerprint density at radius 1 is 1.22 bits per heavy atom. The van der Waals surface area contributed by atoms with Crippen molar-refractivity contribution < 1.29 is 9.90 Å². The fourth-order valence-electron chi connectivity index (χ4n) is 2.31. The van der Waals surface area contributed by atoms with Crippen molar-refractivity contribution in [1.82, 2.24) is 4.90 Å². The molecule has 1 aliphatic heterocycles. The van der Waals surface area contributed by atoms with Crippen LogP contribution in [0.15, 0.2) is 24.3 Å². The zero-order valence-electron chi connectivity index (χ0n) is 10.9. The maximum absolute atomic E-state index is 12.0. The fourth-order valence-corrected chi connectivity index (χ4v) is 2.31. The van der Waals surface area contributed by atoms with E-state index in [1.807, 2.05) is 29.2 Å². The fraction of sp³-hybridized carbons (Fsp3) is 0.533. The molecule has 0 bridgehead atoms. The van der Waals surface area contributed by atoms with Crippen molar-refractivity contribution in [3.05, 3.63) is 35.4 Å². The van der Waals surface area contributed by atoms with E-state index < -0.39 is 0 Å². The summed E-state index contributed by atoms with van der Waals surface area (Å²) in [6.45, 7) is 3.84. The Kier molecular flexibility index (Phi) is 4.37. The first-order chi connectivity index (χ1) is 8.69. The van der Waals surface area contributed by atoms with Crippen LogP contribution in [0, 0.1) is 5.92 Å². The second-order valence-electron chi connectivity index (χ2n) is 5.22. The van der Waals surface area contributed by atoms with Gasteiger partial charge in [0.25, 0.3) is 0 Å². The molecular weight excluding hydrogens is 226 g/mol. The van der Waals surface area contributed by atoms with Crippen LogP contribution in [-0.4, -0.2) is 22.5 Å². The highest BCUT2D eigenvalue weighted by Gasteiger charge is 2.19. The number of benzene rings is 1. The molecule has 0 spiro atoms. The summed E-state index contributed by atoms with van der Waals surface area (Å²) in [5.41, 5.74) is 2.05. The Bertz CT molecular complexity index is 399. The third-order valence-electron chi connectivity index (χ3n) is 3.67. The minimum Gasteiger partial charge on any atom is -0.392 e. The third kappa shape index (κ3) is 3.33. The van der Waals surface area contributed by atoms with Gasteiger partial charge in [-0.25, -0.2) is 0 Å². The molecule has 1 fully saturated rings. The summed E-state index contributed by atoms with van der Waals surface area (Å²) < 4.78 is 0. The van der Waals surface area contributed by atoms with E-state index in [0.29, 0.717) is 18.9 Å². The normalized spacial score (nSPS) is 20.9. The van der Waals surface area contributed by atoms with E-state index in [9.17, 15) is 4.79 Å². The van der Waals surface area contributed by atoms with Gasteiger partial charge in [-0.1, -0.05) is 31.2 Å². The van der Waals surface area contributed by atoms with Crippen LogP contribution in [0.4, 0.5) is 0 Å². The van der Waals surface area contributed by atoms with Gasteiger partial charge in [0.15, 0.2) is 0 Å². The van der Waals surface area contributed by atoms with E-state index >= 15 is 0 Å². The van der Waals surface area contributed by atoms with Crippen LogP contribution in [0.25, 0.3) is 0 Å². The highest BCUT2D eigenvalue weighted by molar-refractivity contribution is 5.76. The van der Waals surface area contributed by atoms with E-state index in [2.05, 4.69) is 6.92 Å². The predicted molar refractivity (Wildman–Crippen MR) is 70.8 cm³/mol. The summed E-state index contributed by atoms with van der Waals surface area (Å²) in [5.74, 6) is 0.918. The first-order valence-corrected chi connectivity index (χ1v) is 6.65. The minimum atomic E-state index is 0.0699. The van der Waals surface area contributed by atoms with Gasteiger partial charge in [0.05, 0.1) is 6.61 Å². The average Bonchev–Trinajstić information content (AvgIpc) is 2.55. The maximum atomic E-state index is 12.0. The molecule has 1 heterocycles. The van der Waals surface area contributed by atoms with Crippen molar-refractivity contribution in [2.45, 2.75) is 39.3 Å². The van der Waals surface area contributed by atoms with E-state index in [-0.39, 0.29) is 12.5 Å². The molecule has 0 aliphatic carbocycles.